The highest BCUT2D eigenvalue weighted by Crippen LogP contribution is 2.31. The van der Waals surface area contributed by atoms with E-state index in [0.29, 0.717) is 17.1 Å². The fourth-order valence-electron chi connectivity index (χ4n) is 1.19. The number of thiol groups is 1. The summed E-state index contributed by atoms with van der Waals surface area (Å²) in [7, 11) is 3.07. The van der Waals surface area contributed by atoms with E-state index < -0.39 is 11.2 Å². The van der Waals surface area contributed by atoms with E-state index >= 15 is 0 Å². The lowest BCUT2D eigenvalue weighted by atomic mass is 10.1. The van der Waals surface area contributed by atoms with Gasteiger partial charge in [-0.25, -0.2) is 0 Å². The summed E-state index contributed by atoms with van der Waals surface area (Å²) in [4.78, 5) is 10.9. The van der Waals surface area contributed by atoms with Crippen molar-refractivity contribution < 1.29 is 14.3 Å². The number of benzene rings is 1. The van der Waals surface area contributed by atoms with Gasteiger partial charge in [0.05, 0.1) is 14.2 Å². The van der Waals surface area contributed by atoms with Gasteiger partial charge in [0.1, 0.15) is 5.25 Å². The molecule has 15 heavy (non-hydrogen) atoms. The predicted octanol–water partition coefficient (Wildman–Crippen LogP) is 1.16. The van der Waals surface area contributed by atoms with Crippen LogP contribution in [0.3, 0.4) is 0 Å². The van der Waals surface area contributed by atoms with Crippen molar-refractivity contribution in [2.75, 3.05) is 14.2 Å². The number of primary amides is 1. The molecule has 1 atom stereocenters. The molecule has 0 aliphatic carbocycles. The third-order valence-electron chi connectivity index (χ3n) is 1.99. The van der Waals surface area contributed by atoms with E-state index in [2.05, 4.69) is 12.6 Å². The van der Waals surface area contributed by atoms with Crippen LogP contribution in [0, 0.1) is 0 Å². The fraction of sp³-hybridized carbons (Fsp3) is 0.300. The van der Waals surface area contributed by atoms with Crippen LogP contribution in [-0.2, 0) is 4.79 Å². The molecule has 0 heterocycles. The predicted molar refractivity (Wildman–Crippen MR) is 60.5 cm³/mol. The second-order valence-corrected chi connectivity index (χ2v) is 3.44. The molecular weight excluding hydrogens is 214 g/mol. The maximum Gasteiger partial charge on any atom is 0.234 e. The molecular formula is C10H13NO3S. The zero-order valence-electron chi connectivity index (χ0n) is 8.56. The Labute approximate surface area is 93.8 Å². The maximum atomic E-state index is 10.9. The summed E-state index contributed by atoms with van der Waals surface area (Å²) in [6.45, 7) is 0. The average Bonchev–Trinajstić information content (AvgIpc) is 2.26. The van der Waals surface area contributed by atoms with Crippen molar-refractivity contribution in [3.63, 3.8) is 0 Å². The number of rotatable bonds is 4. The molecule has 1 aromatic rings. The van der Waals surface area contributed by atoms with Crippen molar-refractivity contribution in [2.45, 2.75) is 5.25 Å². The molecule has 0 spiro atoms. The Hall–Kier alpha value is -1.36. The van der Waals surface area contributed by atoms with Crippen LogP contribution < -0.4 is 15.2 Å². The van der Waals surface area contributed by atoms with Gasteiger partial charge in [0.2, 0.25) is 5.91 Å². The van der Waals surface area contributed by atoms with Crippen LogP contribution in [0.25, 0.3) is 0 Å². The zero-order valence-corrected chi connectivity index (χ0v) is 9.45. The van der Waals surface area contributed by atoms with E-state index in [9.17, 15) is 4.79 Å². The van der Waals surface area contributed by atoms with Gasteiger partial charge >= 0.3 is 0 Å². The lowest BCUT2D eigenvalue weighted by Crippen LogP contribution is -2.17. The number of hydrogen-bond acceptors (Lipinski definition) is 4. The van der Waals surface area contributed by atoms with E-state index in [1.807, 2.05) is 0 Å². The van der Waals surface area contributed by atoms with Crippen molar-refractivity contribution in [2.24, 2.45) is 5.73 Å². The van der Waals surface area contributed by atoms with Gasteiger partial charge in [-0.05, 0) is 17.7 Å². The van der Waals surface area contributed by atoms with Crippen molar-refractivity contribution in [3.8, 4) is 11.5 Å². The van der Waals surface area contributed by atoms with Gasteiger partial charge in [-0.15, -0.1) is 0 Å². The van der Waals surface area contributed by atoms with E-state index in [0.717, 1.165) is 0 Å². The molecule has 0 saturated heterocycles. The minimum absolute atomic E-state index is 0.495. The summed E-state index contributed by atoms with van der Waals surface area (Å²) in [5, 5.41) is -0.634. The normalized spacial score (nSPS) is 11.9. The second kappa shape index (κ2) is 4.93. The molecule has 5 heteroatoms. The van der Waals surface area contributed by atoms with Crippen LogP contribution in [-0.4, -0.2) is 20.1 Å². The first-order chi connectivity index (χ1) is 7.10. The van der Waals surface area contributed by atoms with Crippen LogP contribution in [0.2, 0.25) is 0 Å². The first-order valence-corrected chi connectivity index (χ1v) is 4.81. The van der Waals surface area contributed by atoms with E-state index in [-0.39, 0.29) is 0 Å². The molecule has 0 bridgehead atoms. The summed E-state index contributed by atoms with van der Waals surface area (Å²) in [5.41, 5.74) is 5.83. The number of carbonyl (C=O) groups is 1. The first-order valence-electron chi connectivity index (χ1n) is 4.29. The third-order valence-corrected chi connectivity index (χ3v) is 2.55. The molecule has 1 aromatic carbocycles. The molecule has 82 valence electrons. The third kappa shape index (κ3) is 2.56. The topological polar surface area (TPSA) is 61.5 Å². The number of methoxy groups -OCH3 is 2. The van der Waals surface area contributed by atoms with Gasteiger partial charge in [-0.2, -0.15) is 12.6 Å². The van der Waals surface area contributed by atoms with Gasteiger partial charge in [0.15, 0.2) is 11.5 Å². The Bertz CT molecular complexity index is 368. The fourth-order valence-corrected chi connectivity index (χ4v) is 1.35. The lowest BCUT2D eigenvalue weighted by Gasteiger charge is -2.11. The Morgan fingerprint density at radius 1 is 1.33 bits per heavy atom. The number of amides is 1. The van der Waals surface area contributed by atoms with Crippen molar-refractivity contribution in [1.82, 2.24) is 0 Å². The average molecular weight is 227 g/mol. The first kappa shape index (κ1) is 11.7. The lowest BCUT2D eigenvalue weighted by molar-refractivity contribution is -0.117. The Morgan fingerprint density at radius 3 is 2.40 bits per heavy atom. The van der Waals surface area contributed by atoms with Gasteiger partial charge in [0, 0.05) is 0 Å². The Morgan fingerprint density at radius 2 is 1.93 bits per heavy atom. The van der Waals surface area contributed by atoms with Crippen LogP contribution >= 0.6 is 12.6 Å². The van der Waals surface area contributed by atoms with Crippen molar-refractivity contribution in [3.05, 3.63) is 23.8 Å². The van der Waals surface area contributed by atoms with Gasteiger partial charge in [0.25, 0.3) is 0 Å². The number of hydrogen-bond donors (Lipinski definition) is 2. The molecule has 2 N–H and O–H groups in total. The monoisotopic (exact) mass is 227 g/mol. The largest absolute Gasteiger partial charge is 0.493 e. The van der Waals surface area contributed by atoms with E-state index in [1.54, 1.807) is 25.3 Å². The highest BCUT2D eigenvalue weighted by Gasteiger charge is 2.14. The van der Waals surface area contributed by atoms with Crippen LogP contribution in [0.1, 0.15) is 10.8 Å². The Kier molecular flexibility index (Phi) is 3.85. The standard InChI is InChI=1S/C10H13NO3S/c1-13-7-4-3-6(5-8(7)14-2)9(15)10(11)12/h3-5,9,15H,1-2H3,(H2,11,12). The minimum atomic E-state index is -0.634. The molecule has 1 amide bonds. The summed E-state index contributed by atoms with van der Waals surface area (Å²) in [6.07, 6.45) is 0. The maximum absolute atomic E-state index is 10.9. The summed E-state index contributed by atoms with van der Waals surface area (Å²) in [5.74, 6) is 0.659. The van der Waals surface area contributed by atoms with Gasteiger partial charge < -0.3 is 15.2 Å². The zero-order chi connectivity index (χ0) is 11.4. The molecule has 0 fully saturated rings. The Balaban J connectivity index is 3.07. The van der Waals surface area contributed by atoms with E-state index in [1.165, 1.54) is 7.11 Å². The van der Waals surface area contributed by atoms with Gasteiger partial charge in [-0.3, -0.25) is 4.79 Å². The van der Waals surface area contributed by atoms with Crippen molar-refractivity contribution >= 4 is 18.5 Å². The molecule has 0 aliphatic heterocycles. The molecule has 1 unspecified atom stereocenters. The molecule has 0 aromatic heterocycles. The van der Waals surface area contributed by atoms with Crippen LogP contribution in [0.15, 0.2) is 18.2 Å². The van der Waals surface area contributed by atoms with Gasteiger partial charge in [-0.1, -0.05) is 6.07 Å². The van der Waals surface area contributed by atoms with Crippen LogP contribution in [0.5, 0.6) is 11.5 Å². The number of ether oxygens (including phenoxy) is 2. The molecule has 4 nitrogen and oxygen atoms in total. The summed E-state index contributed by atoms with van der Waals surface area (Å²) >= 11 is 4.09. The summed E-state index contributed by atoms with van der Waals surface area (Å²) < 4.78 is 10.2. The molecule has 1 rings (SSSR count). The van der Waals surface area contributed by atoms with Crippen molar-refractivity contribution in [1.29, 1.82) is 0 Å². The minimum Gasteiger partial charge on any atom is -0.493 e. The van der Waals surface area contributed by atoms with Crippen LogP contribution in [0.4, 0.5) is 0 Å². The summed E-state index contributed by atoms with van der Waals surface area (Å²) in [6, 6.07) is 5.12. The number of nitrogens with two attached hydrogens (primary N) is 1. The quantitative estimate of drug-likeness (QED) is 0.759. The highest BCUT2D eigenvalue weighted by molar-refractivity contribution is 7.81. The smallest absolute Gasteiger partial charge is 0.234 e. The SMILES string of the molecule is COc1ccc(C(S)C(N)=O)cc1OC. The highest BCUT2D eigenvalue weighted by atomic mass is 32.1. The second-order valence-electron chi connectivity index (χ2n) is 2.92. The molecule has 0 radical (unpaired) electrons. The van der Waals surface area contributed by atoms with E-state index in [4.69, 9.17) is 15.2 Å². The molecule has 0 saturated carbocycles. The number of carbonyl (C=O) groups excluding carboxylic acids is 1. The molecule has 0 aliphatic rings.